The van der Waals surface area contributed by atoms with Crippen LogP contribution in [0.5, 0.6) is 0 Å². The van der Waals surface area contributed by atoms with Crippen LogP contribution in [0.3, 0.4) is 0 Å². The predicted molar refractivity (Wildman–Crippen MR) is 84.5 cm³/mol. The highest BCUT2D eigenvalue weighted by molar-refractivity contribution is 9.08. The first-order valence-corrected chi connectivity index (χ1v) is 8.29. The number of nitrogens with one attached hydrogen (secondary N) is 1. The van der Waals surface area contributed by atoms with E-state index in [1.807, 2.05) is 12.1 Å². The Labute approximate surface area is 125 Å². The lowest BCUT2D eigenvalue weighted by Gasteiger charge is -2.06. The topological polar surface area (TPSA) is 29.1 Å². The van der Waals surface area contributed by atoms with Gasteiger partial charge in [-0.1, -0.05) is 72.8 Å². The number of hydrogen-bond acceptors (Lipinski definition) is 1. The molecule has 1 aromatic rings. The van der Waals surface area contributed by atoms with E-state index in [1.54, 1.807) is 0 Å². The molecule has 19 heavy (non-hydrogen) atoms. The smallest absolute Gasteiger partial charge is 0.224 e. The minimum absolute atomic E-state index is 0.127. The molecule has 1 rings (SSSR count). The zero-order chi connectivity index (χ0) is 13.9. The van der Waals surface area contributed by atoms with Gasteiger partial charge in [0.1, 0.15) is 0 Å². The first kappa shape index (κ1) is 16.2. The molecule has 0 unspecified atom stereocenters. The molecule has 0 fully saturated rings. The quantitative estimate of drug-likeness (QED) is 0.534. The van der Waals surface area contributed by atoms with Gasteiger partial charge in [-0.3, -0.25) is 4.79 Å². The number of hydrogen-bond donors (Lipinski definition) is 1. The maximum Gasteiger partial charge on any atom is 0.224 e. The van der Waals surface area contributed by atoms with Gasteiger partial charge in [0.15, 0.2) is 0 Å². The zero-order valence-corrected chi connectivity index (χ0v) is 13.3. The van der Waals surface area contributed by atoms with Crippen molar-refractivity contribution in [2.24, 2.45) is 0 Å². The Morgan fingerprint density at radius 1 is 1.16 bits per heavy atom. The summed E-state index contributed by atoms with van der Waals surface area (Å²) in [5, 5.41) is 3.83. The molecule has 3 heteroatoms. The lowest BCUT2D eigenvalue weighted by molar-refractivity contribution is -0.120. The van der Waals surface area contributed by atoms with Crippen molar-refractivity contribution in [3.63, 3.8) is 0 Å². The van der Waals surface area contributed by atoms with Gasteiger partial charge in [0, 0.05) is 11.9 Å². The third-order valence-electron chi connectivity index (χ3n) is 3.11. The predicted octanol–water partition coefficient (Wildman–Crippen LogP) is 4.21. The van der Waals surface area contributed by atoms with Gasteiger partial charge in [0.05, 0.1) is 6.42 Å². The Balaban J connectivity index is 2.19. The largest absolute Gasteiger partial charge is 0.356 e. The van der Waals surface area contributed by atoms with Gasteiger partial charge in [-0.2, -0.15) is 0 Å². The molecule has 1 amide bonds. The molecule has 106 valence electrons. The molecule has 0 bridgehead atoms. The monoisotopic (exact) mass is 325 g/mol. The van der Waals surface area contributed by atoms with Crippen LogP contribution in [-0.2, 0) is 16.5 Å². The van der Waals surface area contributed by atoms with Gasteiger partial charge in [-0.05, 0) is 17.5 Å². The van der Waals surface area contributed by atoms with Crippen LogP contribution in [0.15, 0.2) is 24.3 Å². The molecular weight excluding hydrogens is 302 g/mol. The van der Waals surface area contributed by atoms with Crippen LogP contribution in [0.1, 0.15) is 50.2 Å². The Bertz CT molecular complexity index is 379. The van der Waals surface area contributed by atoms with Crippen LogP contribution in [-0.4, -0.2) is 12.5 Å². The lowest BCUT2D eigenvalue weighted by atomic mass is 10.1. The normalized spacial score (nSPS) is 10.4. The average molecular weight is 326 g/mol. The molecule has 1 N–H and O–H groups in total. The number of benzene rings is 1. The Kier molecular flexibility index (Phi) is 8.55. The lowest BCUT2D eigenvalue weighted by Crippen LogP contribution is -2.26. The van der Waals surface area contributed by atoms with E-state index >= 15 is 0 Å². The number of alkyl halides is 1. The summed E-state index contributed by atoms with van der Waals surface area (Å²) in [6.45, 7) is 3.02. The fourth-order valence-electron chi connectivity index (χ4n) is 2.03. The van der Waals surface area contributed by atoms with Crippen molar-refractivity contribution < 1.29 is 4.79 Å². The summed E-state index contributed by atoms with van der Waals surface area (Å²) >= 11 is 3.43. The Hall–Kier alpha value is -0.830. The first-order chi connectivity index (χ1) is 9.26. The minimum atomic E-state index is 0.127. The van der Waals surface area contributed by atoms with Crippen molar-refractivity contribution >= 4 is 21.8 Å². The average Bonchev–Trinajstić information content (AvgIpc) is 2.43. The summed E-state index contributed by atoms with van der Waals surface area (Å²) in [7, 11) is 0. The molecule has 0 radical (unpaired) electrons. The Morgan fingerprint density at radius 3 is 2.63 bits per heavy atom. The summed E-state index contributed by atoms with van der Waals surface area (Å²) in [6, 6.07) is 8.15. The maximum absolute atomic E-state index is 11.8. The van der Waals surface area contributed by atoms with Crippen LogP contribution in [0.4, 0.5) is 0 Å². The van der Waals surface area contributed by atoms with Crippen molar-refractivity contribution in [1.29, 1.82) is 0 Å². The van der Waals surface area contributed by atoms with Crippen molar-refractivity contribution in [2.75, 3.05) is 6.54 Å². The zero-order valence-electron chi connectivity index (χ0n) is 11.8. The fourth-order valence-corrected chi connectivity index (χ4v) is 2.38. The molecule has 0 aromatic heterocycles. The summed E-state index contributed by atoms with van der Waals surface area (Å²) in [6.07, 6.45) is 6.62. The first-order valence-electron chi connectivity index (χ1n) is 7.16. The number of amides is 1. The molecular formula is C16H24BrNO. The standard InChI is InChI=1S/C16H24BrNO/c1-2-3-4-5-6-10-18-16(19)12-14-8-7-9-15(11-14)13-17/h7-9,11H,2-6,10,12-13H2,1H3,(H,18,19). The van der Waals surface area contributed by atoms with E-state index in [-0.39, 0.29) is 5.91 Å². The van der Waals surface area contributed by atoms with Gasteiger partial charge in [-0.25, -0.2) is 0 Å². The van der Waals surface area contributed by atoms with Gasteiger partial charge < -0.3 is 5.32 Å². The van der Waals surface area contributed by atoms with E-state index in [2.05, 4.69) is 40.3 Å². The van der Waals surface area contributed by atoms with Gasteiger partial charge >= 0.3 is 0 Å². The molecule has 0 heterocycles. The molecule has 0 aliphatic carbocycles. The third-order valence-corrected chi connectivity index (χ3v) is 3.76. The van der Waals surface area contributed by atoms with Gasteiger partial charge in [0.25, 0.3) is 0 Å². The number of unbranched alkanes of at least 4 members (excludes halogenated alkanes) is 4. The van der Waals surface area contributed by atoms with Crippen LogP contribution in [0.25, 0.3) is 0 Å². The number of halogens is 1. The van der Waals surface area contributed by atoms with Gasteiger partial charge in [0.2, 0.25) is 5.91 Å². The molecule has 0 aliphatic heterocycles. The maximum atomic E-state index is 11.8. The van der Waals surface area contributed by atoms with E-state index in [1.165, 1.54) is 31.2 Å². The number of rotatable bonds is 9. The molecule has 0 saturated heterocycles. The molecule has 0 spiro atoms. The molecule has 0 atom stereocenters. The Morgan fingerprint density at radius 2 is 1.89 bits per heavy atom. The second-order valence-electron chi connectivity index (χ2n) is 4.89. The molecule has 1 aromatic carbocycles. The second kappa shape index (κ2) is 10.0. The number of carbonyl (C=O) groups excluding carboxylic acids is 1. The van der Waals surface area contributed by atoms with E-state index in [0.717, 1.165) is 23.9 Å². The second-order valence-corrected chi connectivity index (χ2v) is 5.46. The highest BCUT2D eigenvalue weighted by Gasteiger charge is 2.03. The SMILES string of the molecule is CCCCCCCNC(=O)Cc1cccc(CBr)c1. The summed E-state index contributed by atoms with van der Waals surface area (Å²) in [4.78, 5) is 11.8. The molecule has 0 aliphatic rings. The van der Waals surface area contributed by atoms with E-state index < -0.39 is 0 Å². The summed E-state index contributed by atoms with van der Waals surface area (Å²) in [5.74, 6) is 0.127. The summed E-state index contributed by atoms with van der Waals surface area (Å²) < 4.78 is 0. The number of carbonyl (C=O) groups is 1. The van der Waals surface area contributed by atoms with Crippen molar-refractivity contribution in [3.05, 3.63) is 35.4 Å². The highest BCUT2D eigenvalue weighted by atomic mass is 79.9. The van der Waals surface area contributed by atoms with Crippen molar-refractivity contribution in [1.82, 2.24) is 5.32 Å². The third kappa shape index (κ3) is 7.36. The summed E-state index contributed by atoms with van der Waals surface area (Å²) in [5.41, 5.74) is 2.30. The van der Waals surface area contributed by atoms with Crippen LogP contribution >= 0.6 is 15.9 Å². The fraction of sp³-hybridized carbons (Fsp3) is 0.562. The van der Waals surface area contributed by atoms with Crippen LogP contribution in [0, 0.1) is 0 Å². The van der Waals surface area contributed by atoms with Gasteiger partial charge in [-0.15, -0.1) is 0 Å². The molecule has 0 saturated carbocycles. The minimum Gasteiger partial charge on any atom is -0.356 e. The highest BCUT2D eigenvalue weighted by Crippen LogP contribution is 2.09. The van der Waals surface area contributed by atoms with E-state index in [0.29, 0.717) is 6.42 Å². The van der Waals surface area contributed by atoms with E-state index in [9.17, 15) is 4.79 Å². The van der Waals surface area contributed by atoms with Crippen LogP contribution in [0.2, 0.25) is 0 Å². The van der Waals surface area contributed by atoms with E-state index in [4.69, 9.17) is 0 Å². The van der Waals surface area contributed by atoms with Crippen molar-refractivity contribution in [2.45, 2.75) is 50.8 Å². The van der Waals surface area contributed by atoms with Crippen molar-refractivity contribution in [3.8, 4) is 0 Å². The van der Waals surface area contributed by atoms with Crippen LogP contribution < -0.4 is 5.32 Å². The molecule has 2 nitrogen and oxygen atoms in total.